The summed E-state index contributed by atoms with van der Waals surface area (Å²) in [4.78, 5) is 0. The van der Waals surface area contributed by atoms with E-state index in [4.69, 9.17) is 30.5 Å². The average Bonchev–Trinajstić information content (AvgIpc) is 3.26. The second-order valence-electron chi connectivity index (χ2n) is 10.4. The van der Waals surface area contributed by atoms with Gasteiger partial charge in [-0.15, -0.1) is 0 Å². The molecule has 0 aromatic heterocycles. The minimum absolute atomic E-state index is 0.0142. The molecule has 5 rings (SSSR count). The minimum Gasteiger partial charge on any atom is -0.488 e. The quantitative estimate of drug-likeness (QED) is 0.274. The zero-order valence-electron chi connectivity index (χ0n) is 22.8. The lowest BCUT2D eigenvalue weighted by atomic mass is 9.76. The maximum Gasteiger partial charge on any atom is 0.174 e. The van der Waals surface area contributed by atoms with Crippen LogP contribution in [0.15, 0.2) is 48.5 Å². The smallest absolute Gasteiger partial charge is 0.174 e. The van der Waals surface area contributed by atoms with Crippen molar-refractivity contribution in [1.29, 1.82) is 5.26 Å². The molecule has 0 amide bonds. The number of halogens is 3. The first-order chi connectivity index (χ1) is 19.3. The number of nitriles is 1. The van der Waals surface area contributed by atoms with E-state index in [-0.39, 0.29) is 58.1 Å². The van der Waals surface area contributed by atoms with Crippen molar-refractivity contribution in [2.75, 3.05) is 13.2 Å². The van der Waals surface area contributed by atoms with Crippen LogP contribution >= 0.6 is 11.6 Å². The van der Waals surface area contributed by atoms with Gasteiger partial charge in [0.15, 0.2) is 17.9 Å². The van der Waals surface area contributed by atoms with E-state index in [1.54, 1.807) is 0 Å². The lowest BCUT2D eigenvalue weighted by molar-refractivity contribution is -0.189. The van der Waals surface area contributed by atoms with E-state index in [1.807, 2.05) is 57.2 Å². The van der Waals surface area contributed by atoms with Gasteiger partial charge in [-0.3, -0.25) is 0 Å². The third-order valence-electron chi connectivity index (χ3n) is 7.91. The van der Waals surface area contributed by atoms with Crippen LogP contribution < -0.4 is 9.47 Å². The molecule has 2 aliphatic heterocycles. The van der Waals surface area contributed by atoms with Gasteiger partial charge in [-0.25, -0.2) is 8.78 Å². The average molecular weight is 568 g/mol. The van der Waals surface area contributed by atoms with E-state index >= 15 is 8.78 Å². The molecule has 8 heteroatoms. The van der Waals surface area contributed by atoms with Crippen molar-refractivity contribution in [3.05, 3.63) is 81.9 Å². The van der Waals surface area contributed by atoms with Gasteiger partial charge < -0.3 is 18.9 Å². The second kappa shape index (κ2) is 11.7. The van der Waals surface area contributed by atoms with Crippen molar-refractivity contribution in [2.45, 2.75) is 70.4 Å². The molecule has 3 aromatic carbocycles. The molecule has 5 nitrogen and oxygen atoms in total. The summed E-state index contributed by atoms with van der Waals surface area (Å²) in [5, 5.41) is 9.67. The first-order valence-electron chi connectivity index (χ1n) is 13.7. The normalized spacial score (nSPS) is 22.7. The van der Waals surface area contributed by atoms with Gasteiger partial charge >= 0.3 is 0 Å². The van der Waals surface area contributed by atoms with Crippen LogP contribution in [0.2, 0.25) is 5.02 Å². The van der Waals surface area contributed by atoms with E-state index in [2.05, 4.69) is 0 Å². The summed E-state index contributed by atoms with van der Waals surface area (Å²) in [7, 11) is 0. The molecule has 1 fully saturated rings. The van der Waals surface area contributed by atoms with Crippen LogP contribution in [0, 0.1) is 23.0 Å². The standard InChI is InChI=1S/C32H32ClF2NO4/c1-4-32(22-10-6-5-7-11-22)20(3)27-25(40-32)16-23(34)30(33)29(27)28-21(17-36)13-14-24(31(28)35)38-18-19(2)39-26-12-8-9-15-37-26/h5-7,10-11,13-14,16,19-20,26H,4,8-9,12,15,18H2,1-3H3/t19-,20-,26?,32-/m0/s1. The second-order valence-corrected chi connectivity index (χ2v) is 10.7. The van der Waals surface area contributed by atoms with Gasteiger partial charge in [-0.05, 0) is 50.3 Å². The highest BCUT2D eigenvalue weighted by Crippen LogP contribution is 2.57. The number of rotatable bonds is 8. The zero-order chi connectivity index (χ0) is 28.4. The van der Waals surface area contributed by atoms with Crippen LogP contribution in [0.3, 0.4) is 0 Å². The van der Waals surface area contributed by atoms with E-state index in [0.717, 1.165) is 24.8 Å². The zero-order valence-corrected chi connectivity index (χ0v) is 23.6. The predicted octanol–water partition coefficient (Wildman–Crippen LogP) is 8.27. The van der Waals surface area contributed by atoms with Gasteiger partial charge in [0.25, 0.3) is 0 Å². The largest absolute Gasteiger partial charge is 0.488 e. The molecular formula is C32H32ClF2NO4. The Bertz CT molecular complexity index is 1420. The van der Waals surface area contributed by atoms with Gasteiger partial charge in [-0.2, -0.15) is 5.26 Å². The van der Waals surface area contributed by atoms with Crippen LogP contribution in [0.1, 0.15) is 69.1 Å². The predicted molar refractivity (Wildman–Crippen MR) is 149 cm³/mol. The molecule has 0 saturated carbocycles. The fraction of sp³-hybridized carbons (Fsp3) is 0.406. The molecule has 4 atom stereocenters. The van der Waals surface area contributed by atoms with Gasteiger partial charge in [0.2, 0.25) is 0 Å². The van der Waals surface area contributed by atoms with Gasteiger partial charge in [0, 0.05) is 35.3 Å². The summed E-state index contributed by atoms with van der Waals surface area (Å²) in [5.41, 5.74) is 0.657. The highest BCUT2D eigenvalue weighted by atomic mass is 35.5. The highest BCUT2D eigenvalue weighted by molar-refractivity contribution is 6.34. The first-order valence-corrected chi connectivity index (χ1v) is 14.1. The molecule has 0 bridgehead atoms. The Morgan fingerprint density at radius 2 is 1.93 bits per heavy atom. The molecule has 2 aliphatic rings. The van der Waals surface area contributed by atoms with Crippen molar-refractivity contribution < 1.29 is 27.7 Å². The summed E-state index contributed by atoms with van der Waals surface area (Å²) in [5.74, 6) is -1.69. The van der Waals surface area contributed by atoms with E-state index in [1.165, 1.54) is 18.2 Å². The van der Waals surface area contributed by atoms with Crippen molar-refractivity contribution >= 4 is 11.6 Å². The lowest BCUT2D eigenvalue weighted by Gasteiger charge is -2.33. The van der Waals surface area contributed by atoms with Crippen molar-refractivity contribution in [3.63, 3.8) is 0 Å². The number of hydrogen-bond donors (Lipinski definition) is 0. The maximum absolute atomic E-state index is 16.3. The fourth-order valence-electron chi connectivity index (χ4n) is 5.84. The summed E-state index contributed by atoms with van der Waals surface area (Å²) in [6.45, 7) is 6.48. The van der Waals surface area contributed by atoms with Gasteiger partial charge in [-0.1, -0.05) is 55.8 Å². The number of hydrogen-bond acceptors (Lipinski definition) is 5. The Morgan fingerprint density at radius 3 is 2.60 bits per heavy atom. The number of benzene rings is 3. The molecule has 0 radical (unpaired) electrons. The summed E-state index contributed by atoms with van der Waals surface area (Å²) in [6, 6.07) is 15.8. The molecule has 210 valence electrons. The molecule has 3 aromatic rings. The monoisotopic (exact) mass is 567 g/mol. The summed E-state index contributed by atoms with van der Waals surface area (Å²) in [6.07, 6.45) is 2.72. The van der Waals surface area contributed by atoms with Crippen molar-refractivity contribution in [3.8, 4) is 28.7 Å². The highest BCUT2D eigenvalue weighted by Gasteiger charge is 2.48. The maximum atomic E-state index is 16.3. The number of ether oxygens (including phenoxy) is 4. The topological polar surface area (TPSA) is 60.7 Å². The third kappa shape index (κ3) is 5.05. The Kier molecular flexibility index (Phi) is 8.32. The molecule has 1 saturated heterocycles. The summed E-state index contributed by atoms with van der Waals surface area (Å²) < 4.78 is 55.3. The van der Waals surface area contributed by atoms with E-state index in [0.29, 0.717) is 18.6 Å². The van der Waals surface area contributed by atoms with E-state index < -0.39 is 17.2 Å². The summed E-state index contributed by atoms with van der Waals surface area (Å²) >= 11 is 6.57. The van der Waals surface area contributed by atoms with Crippen molar-refractivity contribution in [2.24, 2.45) is 0 Å². The van der Waals surface area contributed by atoms with Crippen molar-refractivity contribution in [1.82, 2.24) is 0 Å². The number of fused-ring (bicyclic) bond motifs is 1. The number of nitrogens with zero attached hydrogens (tertiary/aromatic N) is 1. The third-order valence-corrected chi connectivity index (χ3v) is 8.28. The molecule has 0 N–H and O–H groups in total. The molecule has 0 spiro atoms. The molecule has 1 unspecified atom stereocenters. The Labute approximate surface area is 238 Å². The van der Waals surface area contributed by atoms with Crippen LogP contribution in [-0.2, 0) is 15.1 Å². The Balaban J connectivity index is 1.54. The molecule has 40 heavy (non-hydrogen) atoms. The van der Waals surface area contributed by atoms with Crippen LogP contribution in [0.4, 0.5) is 8.78 Å². The molecule has 2 heterocycles. The SMILES string of the molecule is CC[C@]1(c2ccccc2)Oc2cc(F)c(Cl)c(-c3c(C#N)ccc(OC[C@H](C)OC4CCCCO4)c3F)c2[C@@H]1C. The molecule has 0 aliphatic carbocycles. The van der Waals surface area contributed by atoms with Crippen LogP contribution in [0.25, 0.3) is 11.1 Å². The Hall–Kier alpha value is -3.18. The van der Waals surface area contributed by atoms with Crippen LogP contribution in [0.5, 0.6) is 11.5 Å². The Morgan fingerprint density at radius 1 is 1.15 bits per heavy atom. The van der Waals surface area contributed by atoms with E-state index in [9.17, 15) is 5.26 Å². The van der Waals surface area contributed by atoms with Crippen LogP contribution in [-0.4, -0.2) is 25.6 Å². The fourth-order valence-corrected chi connectivity index (χ4v) is 6.09. The molecular weight excluding hydrogens is 536 g/mol. The minimum atomic E-state index is -0.819. The van der Waals surface area contributed by atoms with Gasteiger partial charge in [0.1, 0.15) is 23.8 Å². The first kappa shape index (κ1) is 28.4. The van der Waals surface area contributed by atoms with Gasteiger partial charge in [0.05, 0.1) is 22.8 Å². The lowest BCUT2D eigenvalue weighted by Crippen LogP contribution is -2.33.